The fourth-order valence-corrected chi connectivity index (χ4v) is 4.92. The van der Waals surface area contributed by atoms with Crippen LogP contribution in [0.5, 0.6) is 5.75 Å². The maximum absolute atomic E-state index is 9.46. The van der Waals surface area contributed by atoms with E-state index >= 15 is 0 Å². The molecule has 2 aliphatic rings. The first-order chi connectivity index (χ1) is 19.8. The maximum atomic E-state index is 9.46. The van der Waals surface area contributed by atoms with Crippen molar-refractivity contribution in [2.75, 3.05) is 6.54 Å². The first-order valence-corrected chi connectivity index (χ1v) is 14.5. The summed E-state index contributed by atoms with van der Waals surface area (Å²) in [6.45, 7) is 7.10. The van der Waals surface area contributed by atoms with E-state index in [2.05, 4.69) is 55.5 Å². The van der Waals surface area contributed by atoms with Crippen molar-refractivity contribution in [3.05, 3.63) is 95.6 Å². The molecule has 2 aromatic carbocycles. The van der Waals surface area contributed by atoms with Crippen LogP contribution in [0, 0.1) is 11.5 Å². The predicted molar refractivity (Wildman–Crippen MR) is 160 cm³/mol. The van der Waals surface area contributed by atoms with Gasteiger partial charge in [0.1, 0.15) is 18.1 Å². The van der Waals surface area contributed by atoms with Crippen LogP contribution in [-0.2, 0) is 43.0 Å². The Morgan fingerprint density at radius 2 is 1.74 bits per heavy atom. The summed E-state index contributed by atoms with van der Waals surface area (Å²) in [4.78, 5) is 11.6. The van der Waals surface area contributed by atoms with Gasteiger partial charge >= 0.3 is 0 Å². The van der Waals surface area contributed by atoms with Gasteiger partial charge in [0.25, 0.3) is 0 Å². The molecule has 3 atom stereocenters. The summed E-state index contributed by atoms with van der Waals surface area (Å²) < 4.78 is 5.62. The van der Waals surface area contributed by atoms with E-state index < -0.39 is 12.5 Å². The molecule has 3 aromatic rings. The molecule has 1 aliphatic carbocycles. The normalized spacial score (nSPS) is 19.5. The van der Waals surface area contributed by atoms with Crippen LogP contribution in [0.15, 0.2) is 79.1 Å². The second-order valence-electron chi connectivity index (χ2n) is 11.7. The van der Waals surface area contributed by atoms with E-state index in [-0.39, 0.29) is 44.2 Å². The van der Waals surface area contributed by atoms with E-state index in [1.165, 1.54) is 42.6 Å². The number of aromatic nitrogens is 1. The third kappa shape index (κ3) is 10.6. The molecule has 1 aliphatic heterocycles. The molecule has 221 valence electrons. The van der Waals surface area contributed by atoms with Gasteiger partial charge in [0, 0.05) is 63.8 Å². The Labute approximate surface area is 275 Å². The number of likely N-dealkylation sites (tertiary alicyclic amines) is 1. The SMILES string of the molecule is CC(C)(C)c1ccc([N-]C(ONC2CCCCC2)c2cccnc2)cc1.N#CN1CC(Oc2ccccc2)CC1O.[Y]. The quantitative estimate of drug-likeness (QED) is 0.204. The summed E-state index contributed by atoms with van der Waals surface area (Å²) in [7, 11) is 0. The average molecular weight is 646 g/mol. The average Bonchev–Trinajstić information content (AvgIpc) is 3.35. The van der Waals surface area contributed by atoms with Gasteiger partial charge in [-0.2, -0.15) is 5.26 Å². The molecule has 8 nitrogen and oxygen atoms in total. The van der Waals surface area contributed by atoms with Gasteiger partial charge in [-0.15, -0.1) is 5.69 Å². The monoisotopic (exact) mass is 645 g/mol. The molecule has 0 bridgehead atoms. The number of nitrogens with one attached hydrogen (secondary N) is 1. The molecule has 0 spiro atoms. The second kappa shape index (κ2) is 16.9. The van der Waals surface area contributed by atoms with Crippen molar-refractivity contribution in [1.29, 1.82) is 5.26 Å². The molecule has 42 heavy (non-hydrogen) atoms. The smallest absolute Gasteiger partial charge is 0.181 e. The second-order valence-corrected chi connectivity index (χ2v) is 11.7. The van der Waals surface area contributed by atoms with E-state index in [4.69, 9.17) is 20.2 Å². The van der Waals surface area contributed by atoms with Crippen molar-refractivity contribution < 1.29 is 47.4 Å². The fourth-order valence-electron chi connectivity index (χ4n) is 4.92. The third-order valence-corrected chi connectivity index (χ3v) is 7.33. The van der Waals surface area contributed by atoms with Gasteiger partial charge in [0.2, 0.25) is 0 Å². The van der Waals surface area contributed by atoms with Crippen molar-refractivity contribution in [3.8, 4) is 11.9 Å². The number of aliphatic hydroxyl groups is 1. The van der Waals surface area contributed by atoms with Crippen LogP contribution in [0.25, 0.3) is 5.32 Å². The first-order valence-electron chi connectivity index (χ1n) is 14.5. The minimum absolute atomic E-state index is 0. The Morgan fingerprint density at radius 1 is 1.02 bits per heavy atom. The number of hydrogen-bond acceptors (Lipinski definition) is 7. The van der Waals surface area contributed by atoms with Crippen LogP contribution in [0.3, 0.4) is 0 Å². The van der Waals surface area contributed by atoms with Crippen LogP contribution >= 0.6 is 0 Å². The van der Waals surface area contributed by atoms with Crippen molar-refractivity contribution in [3.63, 3.8) is 0 Å². The van der Waals surface area contributed by atoms with Crippen molar-refractivity contribution in [2.45, 2.75) is 89.3 Å². The minimum atomic E-state index is -0.705. The van der Waals surface area contributed by atoms with E-state index in [0.717, 1.165) is 17.0 Å². The number of hydroxylamine groups is 1. The molecule has 1 saturated carbocycles. The predicted octanol–water partition coefficient (Wildman–Crippen LogP) is 6.87. The minimum Gasteiger partial charge on any atom is -0.654 e. The molecule has 0 amide bonds. The molecule has 1 radical (unpaired) electrons. The van der Waals surface area contributed by atoms with Crippen LogP contribution in [0.2, 0.25) is 0 Å². The third-order valence-electron chi connectivity index (χ3n) is 7.33. The van der Waals surface area contributed by atoms with E-state index in [9.17, 15) is 5.11 Å². The number of rotatable bonds is 8. The molecule has 1 aromatic heterocycles. The number of nitrogens with zero attached hydrogens (tertiary/aromatic N) is 4. The Morgan fingerprint density at radius 3 is 2.33 bits per heavy atom. The van der Waals surface area contributed by atoms with Crippen LogP contribution in [-0.4, -0.2) is 39.9 Å². The summed E-state index contributed by atoms with van der Waals surface area (Å²) >= 11 is 0. The zero-order chi connectivity index (χ0) is 29.1. The number of para-hydroxylation sites is 1. The number of ether oxygens (including phenoxy) is 1. The standard InChI is InChI=1S/C22H30N3O.C11H12N2O2.Y/c1-22(2,3)18-11-13-19(14-12-18)24-21(17-8-7-15-23-16-17)26-25-20-9-5-4-6-10-20;12-8-13-7-10(6-11(13)14)15-9-4-2-1-3-5-9;/h7-8,11-16,20-21,25H,4-6,9-10H2,1-3H3;1-5,10-11,14H,6-7H2;/q-1;;. The van der Waals surface area contributed by atoms with Gasteiger partial charge in [0.15, 0.2) is 6.19 Å². The summed E-state index contributed by atoms with van der Waals surface area (Å²) in [5.41, 5.74) is 6.56. The zero-order valence-corrected chi connectivity index (χ0v) is 27.7. The molecular weight excluding hydrogens is 603 g/mol. The van der Waals surface area contributed by atoms with Crippen molar-refractivity contribution >= 4 is 5.69 Å². The van der Waals surface area contributed by atoms with Gasteiger partial charge in [0.05, 0.1) is 6.54 Å². The van der Waals surface area contributed by atoms with Gasteiger partial charge in [-0.05, 0) is 47.6 Å². The Balaban J connectivity index is 0.000000258. The molecule has 3 unspecified atom stereocenters. The first kappa shape index (κ1) is 34.0. The summed E-state index contributed by atoms with van der Waals surface area (Å²) in [5.74, 6) is 0.773. The molecular formula is C33H42N5O3Y-. The Bertz CT molecular complexity index is 1210. The van der Waals surface area contributed by atoms with Crippen LogP contribution < -0.4 is 10.2 Å². The zero-order valence-electron chi connectivity index (χ0n) is 24.9. The van der Waals surface area contributed by atoms with Crippen LogP contribution in [0.4, 0.5) is 5.69 Å². The molecule has 9 heteroatoms. The largest absolute Gasteiger partial charge is 0.654 e. The molecule has 1 saturated heterocycles. The van der Waals surface area contributed by atoms with E-state index in [1.807, 2.05) is 54.9 Å². The van der Waals surface area contributed by atoms with Gasteiger partial charge in [-0.1, -0.05) is 88.6 Å². The maximum Gasteiger partial charge on any atom is 0.181 e. The Kier molecular flexibility index (Phi) is 13.7. The van der Waals surface area contributed by atoms with Gasteiger partial charge in [-0.3, -0.25) is 9.88 Å². The number of nitriles is 1. The van der Waals surface area contributed by atoms with E-state index in [1.54, 1.807) is 6.20 Å². The van der Waals surface area contributed by atoms with Crippen molar-refractivity contribution in [1.82, 2.24) is 15.4 Å². The molecule has 2 N–H and O–H groups in total. The molecule has 5 rings (SSSR count). The number of pyridine rings is 1. The molecule has 2 heterocycles. The van der Waals surface area contributed by atoms with Crippen LogP contribution in [0.1, 0.15) is 76.7 Å². The van der Waals surface area contributed by atoms with Gasteiger partial charge < -0.3 is 20.0 Å². The summed E-state index contributed by atoms with van der Waals surface area (Å²) in [5, 5.41) is 23.0. The fraction of sp³-hybridized carbons (Fsp3) is 0.455. The number of aliphatic hydroxyl groups excluding tert-OH is 1. The number of hydrogen-bond donors (Lipinski definition) is 2. The summed E-state index contributed by atoms with van der Waals surface area (Å²) in [6.07, 6.45) is 11.0. The summed E-state index contributed by atoms with van der Waals surface area (Å²) in [6, 6.07) is 22.2. The van der Waals surface area contributed by atoms with E-state index in [0.29, 0.717) is 19.0 Å². The number of benzene rings is 2. The van der Waals surface area contributed by atoms with Crippen molar-refractivity contribution in [2.24, 2.45) is 0 Å². The molecule has 2 fully saturated rings. The van der Waals surface area contributed by atoms with Gasteiger partial charge in [-0.25, -0.2) is 5.48 Å². The Hall–Kier alpha value is -2.54. The topological polar surface area (TPSA) is 105 Å².